The van der Waals surface area contributed by atoms with Crippen molar-refractivity contribution in [2.45, 2.75) is 0 Å². The molecule has 0 unspecified atom stereocenters. The Kier molecular flexibility index (Phi) is 1.07. The van der Waals surface area contributed by atoms with Crippen LogP contribution in [0.1, 0.15) is 0 Å². The molecule has 6 heteroatoms. The van der Waals surface area contributed by atoms with Crippen LogP contribution in [0.25, 0.3) is 0 Å². The van der Waals surface area contributed by atoms with Crippen LogP contribution in [-0.4, -0.2) is 0 Å². The molecular weight excluding hydrogens is 126 g/mol. The van der Waals surface area contributed by atoms with E-state index in [1.165, 1.54) is 0 Å². The molecule has 0 aromatic carbocycles. The average Bonchev–Trinajstić information content (AvgIpc) is 1.59. The van der Waals surface area contributed by atoms with E-state index in [4.69, 9.17) is 0 Å². The molecule has 6 nitrogen and oxygen atoms in total. The summed E-state index contributed by atoms with van der Waals surface area (Å²) >= 11 is 0. The summed E-state index contributed by atoms with van der Waals surface area (Å²) in [6, 6.07) is 0. The fourth-order valence-corrected chi connectivity index (χ4v) is 0.426. The summed E-state index contributed by atoms with van der Waals surface area (Å²) in [5.74, 6) is 0. The molecule has 0 saturated carbocycles. The predicted molar refractivity (Wildman–Crippen MR) is 23.3 cm³/mol. The third-order valence-electron chi connectivity index (χ3n) is 0.683. The van der Waals surface area contributed by atoms with E-state index in [0.29, 0.717) is 19.0 Å². The van der Waals surface area contributed by atoms with Gasteiger partial charge in [0.25, 0.3) is 0 Å². The zero-order valence-electron chi connectivity index (χ0n) is 4.30. The second-order valence-corrected chi connectivity index (χ2v) is 1.43. The monoisotopic (exact) mass is 129 g/mol. The molecule has 0 aliphatic rings. The van der Waals surface area contributed by atoms with Crippen molar-refractivity contribution in [3.63, 3.8) is 0 Å². The van der Waals surface area contributed by atoms with E-state index in [2.05, 4.69) is 0 Å². The smallest absolute Gasteiger partial charge is 0.439 e. The highest BCUT2D eigenvalue weighted by Crippen LogP contribution is 1.52. The summed E-state index contributed by atoms with van der Waals surface area (Å²) < 4.78 is 0.375. The van der Waals surface area contributed by atoms with Gasteiger partial charge < -0.3 is 15.6 Å². The Morgan fingerprint density at radius 3 is 1.11 bits per heavy atom. The molecule has 1 rings (SSSR count). The highest BCUT2D eigenvalue weighted by Gasteiger charge is 2.02. The lowest BCUT2D eigenvalue weighted by Gasteiger charge is -1.93. The Morgan fingerprint density at radius 1 is 0.667 bits per heavy atom. The SMILES string of the molecule is [O-][n+]1c[n+]([O-])c[n+]([O-])c1. The van der Waals surface area contributed by atoms with Crippen LogP contribution in [0.15, 0.2) is 19.0 Å². The van der Waals surface area contributed by atoms with Gasteiger partial charge in [0.05, 0.1) is 0 Å². The van der Waals surface area contributed by atoms with Crippen LogP contribution in [0.3, 0.4) is 0 Å². The zero-order chi connectivity index (χ0) is 6.85. The van der Waals surface area contributed by atoms with Crippen LogP contribution in [0.2, 0.25) is 0 Å². The van der Waals surface area contributed by atoms with Gasteiger partial charge >= 0.3 is 19.0 Å². The van der Waals surface area contributed by atoms with Crippen LogP contribution in [0.4, 0.5) is 0 Å². The third-order valence-corrected chi connectivity index (χ3v) is 0.683. The molecule has 1 aromatic heterocycles. The predicted octanol–water partition coefficient (Wildman–Crippen LogP) is -2.41. The average molecular weight is 129 g/mol. The molecule has 0 N–H and O–H groups in total. The topological polar surface area (TPSA) is 80.8 Å². The van der Waals surface area contributed by atoms with E-state index in [-0.39, 0.29) is 14.2 Å². The summed E-state index contributed by atoms with van der Waals surface area (Å²) in [6.45, 7) is 0. The van der Waals surface area contributed by atoms with Gasteiger partial charge in [0.15, 0.2) is 0 Å². The van der Waals surface area contributed by atoms with Crippen molar-refractivity contribution in [3.8, 4) is 0 Å². The number of nitrogens with zero attached hydrogens (tertiary/aromatic N) is 3. The van der Waals surface area contributed by atoms with Gasteiger partial charge in [-0.1, -0.05) is 14.2 Å². The molecule has 0 radical (unpaired) electrons. The molecule has 0 bridgehead atoms. The van der Waals surface area contributed by atoms with Gasteiger partial charge in [-0.25, -0.2) is 0 Å². The maximum Gasteiger partial charge on any atom is 0.439 e. The molecule has 48 valence electrons. The van der Waals surface area contributed by atoms with E-state index >= 15 is 0 Å². The molecule has 0 aliphatic heterocycles. The minimum atomic E-state index is 0.125. The Morgan fingerprint density at radius 2 is 0.889 bits per heavy atom. The van der Waals surface area contributed by atoms with E-state index < -0.39 is 0 Å². The number of aromatic nitrogens is 3. The van der Waals surface area contributed by atoms with E-state index in [1.54, 1.807) is 0 Å². The van der Waals surface area contributed by atoms with Crippen molar-refractivity contribution < 1.29 is 14.2 Å². The molecule has 0 spiro atoms. The zero-order valence-corrected chi connectivity index (χ0v) is 4.30. The number of hydrogen-bond donors (Lipinski definition) is 0. The minimum absolute atomic E-state index is 0.125. The van der Waals surface area contributed by atoms with E-state index in [1.807, 2.05) is 0 Å². The summed E-state index contributed by atoms with van der Waals surface area (Å²) in [7, 11) is 0. The summed E-state index contributed by atoms with van der Waals surface area (Å²) in [4.78, 5) is 0. The third kappa shape index (κ3) is 1.15. The normalized spacial score (nSPS) is 9.33. The van der Waals surface area contributed by atoms with Crippen LogP contribution in [0, 0.1) is 15.6 Å². The van der Waals surface area contributed by atoms with Crippen molar-refractivity contribution in [1.29, 1.82) is 0 Å². The lowest BCUT2D eigenvalue weighted by Crippen LogP contribution is -2.51. The Labute approximate surface area is 50.0 Å². The molecule has 0 amide bonds. The summed E-state index contributed by atoms with van der Waals surface area (Å²) in [5.41, 5.74) is 0. The number of hydrogen-bond acceptors (Lipinski definition) is 3. The van der Waals surface area contributed by atoms with Gasteiger partial charge in [-0.3, -0.25) is 0 Å². The fourth-order valence-electron chi connectivity index (χ4n) is 0.426. The van der Waals surface area contributed by atoms with E-state index in [9.17, 15) is 15.6 Å². The van der Waals surface area contributed by atoms with Crippen LogP contribution in [-0.2, 0) is 0 Å². The van der Waals surface area contributed by atoms with Crippen molar-refractivity contribution >= 4 is 0 Å². The van der Waals surface area contributed by atoms with Crippen LogP contribution >= 0.6 is 0 Å². The maximum absolute atomic E-state index is 10.2. The van der Waals surface area contributed by atoms with Gasteiger partial charge in [-0.2, -0.15) is 0 Å². The molecule has 0 atom stereocenters. The van der Waals surface area contributed by atoms with Gasteiger partial charge in [0.1, 0.15) is 0 Å². The van der Waals surface area contributed by atoms with Crippen molar-refractivity contribution in [3.05, 3.63) is 34.6 Å². The highest BCUT2D eigenvalue weighted by molar-refractivity contribution is 4.23. The minimum Gasteiger partial charge on any atom is -0.610 e. The summed E-state index contributed by atoms with van der Waals surface area (Å²) in [5, 5.41) is 30.6. The maximum atomic E-state index is 10.2. The van der Waals surface area contributed by atoms with E-state index in [0.717, 1.165) is 0 Å². The molecule has 9 heavy (non-hydrogen) atoms. The van der Waals surface area contributed by atoms with Crippen LogP contribution < -0.4 is 14.2 Å². The quantitative estimate of drug-likeness (QED) is 0.289. The van der Waals surface area contributed by atoms with Crippen molar-refractivity contribution in [1.82, 2.24) is 0 Å². The number of rotatable bonds is 0. The second-order valence-electron chi connectivity index (χ2n) is 1.43. The first-order valence-electron chi connectivity index (χ1n) is 2.10. The second kappa shape index (κ2) is 1.73. The molecule has 0 fully saturated rings. The fraction of sp³-hybridized carbons (Fsp3) is 0. The molecule has 1 heterocycles. The Balaban J connectivity index is 3.17. The first-order chi connectivity index (χ1) is 4.18. The summed E-state index contributed by atoms with van der Waals surface area (Å²) in [6.07, 6.45) is 2.07. The lowest BCUT2D eigenvalue weighted by atomic mass is 11.0. The molecule has 1 aromatic rings. The van der Waals surface area contributed by atoms with Gasteiger partial charge in [0.2, 0.25) is 0 Å². The van der Waals surface area contributed by atoms with Gasteiger partial charge in [-0.05, 0) is 0 Å². The largest absolute Gasteiger partial charge is 0.610 e. The van der Waals surface area contributed by atoms with Gasteiger partial charge in [-0.15, -0.1) is 0 Å². The van der Waals surface area contributed by atoms with Crippen molar-refractivity contribution in [2.75, 3.05) is 0 Å². The lowest BCUT2D eigenvalue weighted by molar-refractivity contribution is -0.867. The first kappa shape index (κ1) is 5.54. The first-order valence-corrected chi connectivity index (χ1v) is 2.10. The molecule has 0 aliphatic carbocycles. The van der Waals surface area contributed by atoms with Crippen LogP contribution in [0.5, 0.6) is 0 Å². The van der Waals surface area contributed by atoms with Gasteiger partial charge in [0, 0.05) is 0 Å². The Bertz CT molecular complexity index is 175. The Hall–Kier alpha value is -1.59. The highest BCUT2D eigenvalue weighted by atomic mass is 16.5. The molecule has 0 saturated heterocycles. The molecular formula is C3H3N3O3. The van der Waals surface area contributed by atoms with Crippen molar-refractivity contribution in [2.24, 2.45) is 0 Å². The standard InChI is InChI=1S/C3H3N3O3/c7-4-1-5(8)3-6(9)2-4/h1-3H.